The van der Waals surface area contributed by atoms with Crippen LogP contribution in [0.4, 0.5) is 0 Å². The molecule has 1 fully saturated rings. The lowest BCUT2D eigenvalue weighted by atomic mass is 10.1. The van der Waals surface area contributed by atoms with Crippen LogP contribution >= 0.6 is 11.8 Å². The summed E-state index contributed by atoms with van der Waals surface area (Å²) in [4.78, 5) is 16.4. The highest BCUT2D eigenvalue weighted by atomic mass is 32.2. The van der Waals surface area contributed by atoms with Crippen molar-refractivity contribution in [3.05, 3.63) is 5.82 Å². The maximum Gasteiger partial charge on any atom is 0.242 e. The first-order valence-corrected chi connectivity index (χ1v) is 11.9. The van der Waals surface area contributed by atoms with Crippen molar-refractivity contribution < 1.29 is 4.79 Å². The Morgan fingerprint density at radius 2 is 1.97 bits per heavy atom. The number of thioether (sulfide) groups is 1. The van der Waals surface area contributed by atoms with Crippen molar-refractivity contribution in [2.24, 2.45) is 4.99 Å². The molecule has 0 radical (unpaired) electrons. The molecule has 1 aliphatic rings. The number of hydrogen-bond acceptors (Lipinski definition) is 5. The second-order valence-electron chi connectivity index (χ2n) is 8.43. The highest BCUT2D eigenvalue weighted by Crippen LogP contribution is 2.33. The summed E-state index contributed by atoms with van der Waals surface area (Å²) in [7, 11) is 0. The van der Waals surface area contributed by atoms with E-state index in [4.69, 9.17) is 0 Å². The Morgan fingerprint density at radius 1 is 1.24 bits per heavy atom. The van der Waals surface area contributed by atoms with Gasteiger partial charge in [0.25, 0.3) is 0 Å². The first-order chi connectivity index (χ1) is 13.8. The van der Waals surface area contributed by atoms with Gasteiger partial charge in [0.1, 0.15) is 12.4 Å². The van der Waals surface area contributed by atoms with Crippen LogP contribution in [0.5, 0.6) is 0 Å². The van der Waals surface area contributed by atoms with E-state index in [1.165, 1.54) is 25.7 Å². The Morgan fingerprint density at radius 3 is 2.59 bits per heavy atom. The van der Waals surface area contributed by atoms with Gasteiger partial charge in [-0.3, -0.25) is 4.79 Å². The number of amides is 1. The Kier molecular flexibility index (Phi) is 9.26. The second kappa shape index (κ2) is 11.4. The lowest BCUT2D eigenvalue weighted by Gasteiger charge is -2.20. The summed E-state index contributed by atoms with van der Waals surface area (Å²) in [6, 6.07) is 0.551. The summed E-state index contributed by atoms with van der Waals surface area (Å²) < 4.78 is 2.35. The number of carbonyl (C=O) groups is 1. The number of aromatic nitrogens is 3. The number of carbonyl (C=O) groups excluding carboxylic acids is 1. The van der Waals surface area contributed by atoms with Gasteiger partial charge in [-0.1, -0.05) is 24.6 Å². The van der Waals surface area contributed by atoms with Crippen LogP contribution in [0.25, 0.3) is 0 Å². The fourth-order valence-corrected chi connectivity index (χ4v) is 4.12. The number of nitrogens with zero attached hydrogens (tertiary/aromatic N) is 4. The van der Waals surface area contributed by atoms with Crippen molar-refractivity contribution in [2.45, 2.75) is 83.0 Å². The molecule has 9 heteroatoms. The second-order valence-corrected chi connectivity index (χ2v) is 9.21. The number of aryl methyl sites for hydroxylation is 1. The molecule has 3 N–H and O–H groups in total. The van der Waals surface area contributed by atoms with E-state index in [0.29, 0.717) is 12.0 Å². The van der Waals surface area contributed by atoms with E-state index in [1.807, 2.05) is 27.7 Å². The average Bonchev–Trinajstić information content (AvgIpc) is 3.30. The molecule has 2 rings (SSSR count). The van der Waals surface area contributed by atoms with Gasteiger partial charge in [-0.2, -0.15) is 0 Å². The Bertz CT molecular complexity index is 675. The monoisotopic (exact) mass is 423 g/mol. The van der Waals surface area contributed by atoms with Crippen molar-refractivity contribution in [1.82, 2.24) is 30.7 Å². The van der Waals surface area contributed by atoms with E-state index >= 15 is 0 Å². The van der Waals surface area contributed by atoms with Crippen molar-refractivity contribution in [1.29, 1.82) is 0 Å². The van der Waals surface area contributed by atoms with Gasteiger partial charge in [-0.15, -0.1) is 10.2 Å². The number of nitrogens with one attached hydrogen (secondary N) is 3. The van der Waals surface area contributed by atoms with Crippen LogP contribution in [0, 0.1) is 0 Å². The minimum absolute atomic E-state index is 0.0797. The first kappa shape index (κ1) is 23.5. The topological polar surface area (TPSA) is 96.2 Å². The summed E-state index contributed by atoms with van der Waals surface area (Å²) in [5, 5.41) is 19.3. The summed E-state index contributed by atoms with van der Waals surface area (Å²) in [5.41, 5.74) is -0.247. The summed E-state index contributed by atoms with van der Waals surface area (Å²) in [6.45, 7) is 9.53. The molecule has 1 amide bonds. The van der Waals surface area contributed by atoms with E-state index in [2.05, 4.69) is 42.0 Å². The zero-order valence-corrected chi connectivity index (χ0v) is 19.4. The van der Waals surface area contributed by atoms with Gasteiger partial charge in [-0.05, 0) is 53.2 Å². The molecule has 1 heterocycles. The SMILES string of the molecule is CCNC(=NCC(=O)NC(C)(C)C)NCCCc1nnc(SC)n1C1CCCC1. The number of hydrogen-bond donors (Lipinski definition) is 3. The van der Waals surface area contributed by atoms with Crippen LogP contribution in [0.1, 0.15) is 71.7 Å². The molecular weight excluding hydrogens is 386 g/mol. The predicted octanol–water partition coefficient (Wildman–Crippen LogP) is 2.52. The van der Waals surface area contributed by atoms with E-state index in [9.17, 15) is 4.79 Å². The molecule has 1 aromatic rings. The fraction of sp³-hybridized carbons (Fsp3) is 0.800. The maximum absolute atomic E-state index is 12.0. The first-order valence-electron chi connectivity index (χ1n) is 10.6. The lowest BCUT2D eigenvalue weighted by molar-refractivity contribution is -0.121. The van der Waals surface area contributed by atoms with Gasteiger partial charge in [0.05, 0.1) is 0 Å². The van der Waals surface area contributed by atoms with Gasteiger partial charge in [0, 0.05) is 31.1 Å². The molecule has 0 aliphatic heterocycles. The molecule has 0 spiro atoms. The lowest BCUT2D eigenvalue weighted by Crippen LogP contribution is -2.43. The Hall–Kier alpha value is -1.77. The molecule has 1 saturated carbocycles. The van der Waals surface area contributed by atoms with E-state index in [0.717, 1.165) is 36.9 Å². The van der Waals surface area contributed by atoms with Crippen LogP contribution < -0.4 is 16.0 Å². The molecule has 1 aromatic heterocycles. The highest BCUT2D eigenvalue weighted by molar-refractivity contribution is 7.98. The van der Waals surface area contributed by atoms with E-state index in [1.54, 1.807) is 11.8 Å². The predicted molar refractivity (Wildman–Crippen MR) is 120 cm³/mol. The van der Waals surface area contributed by atoms with Gasteiger partial charge in [-0.25, -0.2) is 4.99 Å². The molecule has 29 heavy (non-hydrogen) atoms. The number of aliphatic imine (C=N–C) groups is 1. The van der Waals surface area contributed by atoms with Gasteiger partial charge >= 0.3 is 0 Å². The normalized spacial score (nSPS) is 15.6. The van der Waals surface area contributed by atoms with Crippen LogP contribution in [-0.2, 0) is 11.2 Å². The quantitative estimate of drug-likeness (QED) is 0.244. The molecule has 0 aromatic carbocycles. The largest absolute Gasteiger partial charge is 0.357 e. The highest BCUT2D eigenvalue weighted by Gasteiger charge is 2.23. The van der Waals surface area contributed by atoms with Crippen LogP contribution in [0.3, 0.4) is 0 Å². The smallest absolute Gasteiger partial charge is 0.242 e. The van der Waals surface area contributed by atoms with Gasteiger partial charge in [0.2, 0.25) is 5.91 Å². The van der Waals surface area contributed by atoms with Crippen LogP contribution in [0.15, 0.2) is 10.1 Å². The molecule has 0 saturated heterocycles. The van der Waals surface area contributed by atoms with Crippen molar-refractivity contribution in [2.75, 3.05) is 25.9 Å². The standard InChI is InChI=1S/C20H37N7OS/c1-6-21-18(23-14-17(28)24-20(2,3)4)22-13-9-12-16-25-26-19(29-5)27(16)15-10-7-8-11-15/h15H,6-14H2,1-5H3,(H,24,28)(H2,21,22,23). The third-order valence-electron chi connectivity index (χ3n) is 4.72. The number of guanidine groups is 1. The molecule has 164 valence electrons. The minimum Gasteiger partial charge on any atom is -0.357 e. The minimum atomic E-state index is -0.247. The van der Waals surface area contributed by atoms with Crippen LogP contribution in [-0.4, -0.2) is 58.1 Å². The molecule has 0 bridgehead atoms. The summed E-state index contributed by atoms with van der Waals surface area (Å²) in [5.74, 6) is 1.66. The third-order valence-corrected chi connectivity index (χ3v) is 5.36. The van der Waals surface area contributed by atoms with Crippen molar-refractivity contribution in [3.8, 4) is 0 Å². The summed E-state index contributed by atoms with van der Waals surface area (Å²) >= 11 is 1.67. The summed E-state index contributed by atoms with van der Waals surface area (Å²) in [6.07, 6.45) is 8.91. The fourth-order valence-electron chi connectivity index (χ4n) is 3.55. The number of rotatable bonds is 9. The van der Waals surface area contributed by atoms with E-state index < -0.39 is 0 Å². The molecule has 1 aliphatic carbocycles. The molecule has 0 unspecified atom stereocenters. The third kappa shape index (κ3) is 7.87. The Labute approximate surface area is 179 Å². The van der Waals surface area contributed by atoms with Crippen molar-refractivity contribution in [3.63, 3.8) is 0 Å². The average molecular weight is 424 g/mol. The zero-order valence-electron chi connectivity index (χ0n) is 18.5. The van der Waals surface area contributed by atoms with Crippen LogP contribution in [0.2, 0.25) is 0 Å². The van der Waals surface area contributed by atoms with E-state index in [-0.39, 0.29) is 18.0 Å². The molecular formula is C20H37N7OS. The Balaban J connectivity index is 1.85. The van der Waals surface area contributed by atoms with Crippen molar-refractivity contribution >= 4 is 23.6 Å². The zero-order chi connectivity index (χ0) is 21.3. The maximum atomic E-state index is 12.0. The van der Waals surface area contributed by atoms with Gasteiger partial charge < -0.3 is 20.5 Å². The molecule has 0 atom stereocenters. The molecule has 8 nitrogen and oxygen atoms in total. The van der Waals surface area contributed by atoms with Gasteiger partial charge in [0.15, 0.2) is 11.1 Å².